The lowest BCUT2D eigenvalue weighted by Crippen LogP contribution is -2.39. The molecule has 1 amide bonds. The number of anilines is 1. The van der Waals surface area contributed by atoms with Crippen molar-refractivity contribution in [3.8, 4) is 0 Å². The Morgan fingerprint density at radius 2 is 2.08 bits per heavy atom. The van der Waals surface area contributed by atoms with Crippen LogP contribution in [0.5, 0.6) is 0 Å². The van der Waals surface area contributed by atoms with Gasteiger partial charge in [-0.2, -0.15) is 11.8 Å². The van der Waals surface area contributed by atoms with E-state index in [1.165, 1.54) is 17.7 Å². The molecule has 0 unspecified atom stereocenters. The van der Waals surface area contributed by atoms with Gasteiger partial charge in [0.1, 0.15) is 6.54 Å². The minimum atomic E-state index is 0. The molecule has 1 aromatic rings. The van der Waals surface area contributed by atoms with E-state index in [1.54, 1.807) is 0 Å². The van der Waals surface area contributed by atoms with E-state index < -0.39 is 0 Å². The van der Waals surface area contributed by atoms with Gasteiger partial charge in [-0.1, -0.05) is 18.2 Å². The number of halogens is 1. The molecule has 1 aromatic carbocycles. The summed E-state index contributed by atoms with van der Waals surface area (Å²) in [7, 11) is 0. The second kappa shape index (κ2) is 12.4. The van der Waals surface area contributed by atoms with Crippen LogP contribution in [-0.2, 0) is 11.2 Å². The highest BCUT2D eigenvalue weighted by Gasteiger charge is 2.23. The van der Waals surface area contributed by atoms with Crippen molar-refractivity contribution >= 4 is 53.3 Å². The van der Waals surface area contributed by atoms with Gasteiger partial charge < -0.3 is 15.5 Å². The van der Waals surface area contributed by atoms with E-state index in [-0.39, 0.29) is 36.4 Å². The fourth-order valence-electron chi connectivity index (χ4n) is 2.75. The largest absolute Gasteiger partial charge is 0.357 e. The summed E-state index contributed by atoms with van der Waals surface area (Å²) in [5.74, 6) is 1.96. The zero-order chi connectivity index (χ0) is 17.2. The zero-order valence-electron chi connectivity index (χ0n) is 15.1. The third-order valence-electron chi connectivity index (χ3n) is 3.97. The molecule has 0 saturated carbocycles. The van der Waals surface area contributed by atoms with Crippen molar-refractivity contribution in [3.05, 3.63) is 29.8 Å². The monoisotopic (exact) mass is 476 g/mol. The highest BCUT2D eigenvalue weighted by atomic mass is 127. The number of rotatable bonds is 8. The third kappa shape index (κ3) is 7.05. The minimum Gasteiger partial charge on any atom is -0.357 e. The van der Waals surface area contributed by atoms with E-state index in [9.17, 15) is 4.79 Å². The van der Waals surface area contributed by atoms with E-state index in [0.717, 1.165) is 44.1 Å². The van der Waals surface area contributed by atoms with Gasteiger partial charge in [0.15, 0.2) is 5.96 Å². The Morgan fingerprint density at radius 3 is 2.84 bits per heavy atom. The molecule has 1 aliphatic heterocycles. The maximum Gasteiger partial charge on any atom is 0.248 e. The van der Waals surface area contributed by atoms with E-state index >= 15 is 0 Å². The van der Waals surface area contributed by atoms with Crippen LogP contribution in [0.4, 0.5) is 5.69 Å². The predicted molar refractivity (Wildman–Crippen MR) is 120 cm³/mol. The molecule has 0 aromatic heterocycles. The predicted octanol–water partition coefficient (Wildman–Crippen LogP) is 2.89. The lowest BCUT2D eigenvalue weighted by molar-refractivity contribution is -0.117. The van der Waals surface area contributed by atoms with E-state index in [0.29, 0.717) is 0 Å². The summed E-state index contributed by atoms with van der Waals surface area (Å²) in [5, 5.41) is 6.51. The molecule has 140 valence electrons. The number of fused-ring (bicyclic) bond motifs is 1. The quantitative estimate of drug-likeness (QED) is 0.262. The summed E-state index contributed by atoms with van der Waals surface area (Å²) in [5.41, 5.74) is 2.28. The average molecular weight is 476 g/mol. The van der Waals surface area contributed by atoms with Crippen LogP contribution in [-0.4, -0.2) is 50.1 Å². The van der Waals surface area contributed by atoms with Gasteiger partial charge in [-0.05, 0) is 49.8 Å². The first kappa shape index (κ1) is 22.1. The number of carbonyl (C=O) groups is 1. The number of hydrogen-bond acceptors (Lipinski definition) is 3. The maximum absolute atomic E-state index is 12.5. The Bertz CT molecular complexity index is 568. The van der Waals surface area contributed by atoms with Gasteiger partial charge in [0.2, 0.25) is 5.91 Å². The smallest absolute Gasteiger partial charge is 0.248 e. The summed E-state index contributed by atoms with van der Waals surface area (Å²) in [4.78, 5) is 18.8. The molecule has 0 fully saturated rings. The molecule has 0 bridgehead atoms. The van der Waals surface area contributed by atoms with Gasteiger partial charge in [0, 0.05) is 25.3 Å². The lowest BCUT2D eigenvalue weighted by Gasteiger charge is -2.17. The summed E-state index contributed by atoms with van der Waals surface area (Å²) in [6.45, 7) is 4.63. The van der Waals surface area contributed by atoms with Gasteiger partial charge in [0.05, 0.1) is 0 Å². The minimum absolute atomic E-state index is 0. The maximum atomic E-state index is 12.5. The number of nitrogens with zero attached hydrogens (tertiary/aromatic N) is 2. The van der Waals surface area contributed by atoms with Crippen LogP contribution in [0.3, 0.4) is 0 Å². The molecule has 7 heteroatoms. The van der Waals surface area contributed by atoms with Gasteiger partial charge in [-0.25, -0.2) is 4.99 Å². The Balaban J connectivity index is 0.00000312. The molecule has 0 spiro atoms. The number of para-hydroxylation sites is 1. The van der Waals surface area contributed by atoms with Gasteiger partial charge in [0.25, 0.3) is 0 Å². The van der Waals surface area contributed by atoms with Crippen LogP contribution >= 0.6 is 35.7 Å². The first-order chi connectivity index (χ1) is 11.8. The number of aliphatic imine (C=N–C) groups is 1. The normalized spacial score (nSPS) is 13.2. The molecule has 2 N–H and O–H groups in total. The van der Waals surface area contributed by atoms with Crippen molar-refractivity contribution in [1.82, 2.24) is 10.6 Å². The highest BCUT2D eigenvalue weighted by molar-refractivity contribution is 14.0. The molecule has 1 heterocycles. The van der Waals surface area contributed by atoms with Gasteiger partial charge >= 0.3 is 0 Å². The number of hydrogen-bond donors (Lipinski definition) is 2. The molecule has 0 radical (unpaired) electrons. The Hall–Kier alpha value is -0.960. The molecule has 0 saturated heterocycles. The number of benzene rings is 1. The Labute approximate surface area is 172 Å². The summed E-state index contributed by atoms with van der Waals surface area (Å²) >= 11 is 1.87. The van der Waals surface area contributed by atoms with E-state index in [4.69, 9.17) is 0 Å². The van der Waals surface area contributed by atoms with Crippen LogP contribution in [0.1, 0.15) is 25.3 Å². The number of carbonyl (C=O) groups excluding carboxylic acids is 1. The second-order valence-electron chi connectivity index (χ2n) is 5.75. The lowest BCUT2D eigenvalue weighted by atomic mass is 10.2. The molecule has 5 nitrogen and oxygen atoms in total. The SMILES string of the molecule is CCNC(=NCC(=O)N1CCc2ccccc21)NCCCCSC.I. The molecule has 0 atom stereocenters. The zero-order valence-corrected chi connectivity index (χ0v) is 18.2. The summed E-state index contributed by atoms with van der Waals surface area (Å²) in [6.07, 6.45) is 5.36. The van der Waals surface area contributed by atoms with Crippen LogP contribution < -0.4 is 15.5 Å². The van der Waals surface area contributed by atoms with Crippen molar-refractivity contribution in [2.45, 2.75) is 26.2 Å². The first-order valence-electron chi connectivity index (χ1n) is 8.65. The Kier molecular flexibility index (Phi) is 11.0. The number of guanidine groups is 1. The van der Waals surface area contributed by atoms with Gasteiger partial charge in [-0.15, -0.1) is 24.0 Å². The van der Waals surface area contributed by atoms with Crippen molar-refractivity contribution in [2.24, 2.45) is 4.99 Å². The molecular weight excluding hydrogens is 447 g/mol. The number of nitrogens with one attached hydrogen (secondary N) is 2. The number of unbranched alkanes of at least 4 members (excludes halogenated alkanes) is 1. The number of amides is 1. The van der Waals surface area contributed by atoms with Crippen LogP contribution in [0, 0.1) is 0 Å². The van der Waals surface area contributed by atoms with Crippen LogP contribution in [0.15, 0.2) is 29.3 Å². The highest BCUT2D eigenvalue weighted by Crippen LogP contribution is 2.27. The fourth-order valence-corrected chi connectivity index (χ4v) is 3.24. The number of thioether (sulfide) groups is 1. The van der Waals surface area contributed by atoms with Crippen LogP contribution in [0.2, 0.25) is 0 Å². The second-order valence-corrected chi connectivity index (χ2v) is 6.73. The molecular formula is C18H29IN4OS. The first-order valence-corrected chi connectivity index (χ1v) is 10.0. The standard InChI is InChI=1S/C18H28N4OS.HI/c1-3-19-18(20-11-6-7-13-24-2)21-14-17(23)22-12-10-15-8-4-5-9-16(15)22;/h4-5,8-9H,3,6-7,10-14H2,1-2H3,(H2,19,20,21);1H. The van der Waals surface area contributed by atoms with Crippen LogP contribution in [0.25, 0.3) is 0 Å². The molecule has 0 aliphatic carbocycles. The third-order valence-corrected chi connectivity index (χ3v) is 4.67. The fraction of sp³-hybridized carbons (Fsp3) is 0.556. The molecule has 2 rings (SSSR count). The van der Waals surface area contributed by atoms with Gasteiger partial charge in [-0.3, -0.25) is 4.79 Å². The van der Waals surface area contributed by atoms with Crippen molar-refractivity contribution in [3.63, 3.8) is 0 Å². The van der Waals surface area contributed by atoms with E-state index in [1.807, 2.05) is 41.8 Å². The Morgan fingerprint density at radius 1 is 1.28 bits per heavy atom. The molecule has 25 heavy (non-hydrogen) atoms. The summed E-state index contributed by atoms with van der Waals surface area (Å²) in [6, 6.07) is 8.11. The van der Waals surface area contributed by atoms with E-state index in [2.05, 4.69) is 27.9 Å². The van der Waals surface area contributed by atoms with Crippen molar-refractivity contribution in [1.29, 1.82) is 0 Å². The van der Waals surface area contributed by atoms with Crippen molar-refractivity contribution < 1.29 is 4.79 Å². The van der Waals surface area contributed by atoms with Crippen molar-refractivity contribution in [2.75, 3.05) is 43.1 Å². The topological polar surface area (TPSA) is 56.7 Å². The molecule has 1 aliphatic rings. The average Bonchev–Trinajstić information content (AvgIpc) is 3.03. The summed E-state index contributed by atoms with van der Waals surface area (Å²) < 4.78 is 0.